The van der Waals surface area contributed by atoms with Crippen LogP contribution < -0.4 is 15.4 Å². The average molecular weight is 294 g/mol. The van der Waals surface area contributed by atoms with Gasteiger partial charge in [0.25, 0.3) is 0 Å². The molecule has 6 heteroatoms. The van der Waals surface area contributed by atoms with Crippen molar-refractivity contribution in [2.45, 2.75) is 25.2 Å². The fourth-order valence-electron chi connectivity index (χ4n) is 2.28. The van der Waals surface area contributed by atoms with E-state index in [1.807, 2.05) is 6.92 Å². The van der Waals surface area contributed by atoms with E-state index < -0.39 is 6.10 Å². The Morgan fingerprint density at radius 2 is 2.24 bits per heavy atom. The number of ether oxygens (including phenoxy) is 2. The quantitative estimate of drug-likeness (QED) is 0.724. The summed E-state index contributed by atoms with van der Waals surface area (Å²) >= 11 is 0. The van der Waals surface area contributed by atoms with E-state index in [4.69, 9.17) is 9.47 Å². The fraction of sp³-hybridized carbons (Fsp3) is 0.533. The van der Waals surface area contributed by atoms with Gasteiger partial charge in [-0.3, -0.25) is 4.79 Å². The number of carbonyl (C=O) groups excluding carboxylic acids is 1. The first-order chi connectivity index (χ1) is 10.1. The smallest absolute Gasteiger partial charge is 0.239 e. The molecule has 0 saturated carbocycles. The molecule has 0 spiro atoms. The van der Waals surface area contributed by atoms with Crippen LogP contribution in [0.25, 0.3) is 0 Å². The molecule has 1 heterocycles. The molecule has 6 nitrogen and oxygen atoms in total. The molecule has 1 fully saturated rings. The van der Waals surface area contributed by atoms with Crippen LogP contribution in [-0.4, -0.2) is 50.0 Å². The van der Waals surface area contributed by atoms with Gasteiger partial charge in [-0.25, -0.2) is 0 Å². The van der Waals surface area contributed by atoms with Crippen molar-refractivity contribution in [2.75, 3.05) is 26.8 Å². The van der Waals surface area contributed by atoms with Crippen LogP contribution in [0.2, 0.25) is 0 Å². The van der Waals surface area contributed by atoms with Gasteiger partial charge in [-0.05, 0) is 24.6 Å². The van der Waals surface area contributed by atoms with Gasteiger partial charge in [0.2, 0.25) is 5.91 Å². The average Bonchev–Trinajstić information content (AvgIpc) is 2.52. The summed E-state index contributed by atoms with van der Waals surface area (Å²) in [6.45, 7) is 3.29. The van der Waals surface area contributed by atoms with Crippen LogP contribution in [0.1, 0.15) is 18.6 Å². The van der Waals surface area contributed by atoms with E-state index in [2.05, 4.69) is 10.6 Å². The summed E-state index contributed by atoms with van der Waals surface area (Å²) in [6.07, 6.45) is -0.920. The molecule has 116 valence electrons. The normalized spacial score (nSPS) is 23.4. The molecule has 0 radical (unpaired) electrons. The lowest BCUT2D eigenvalue weighted by Crippen LogP contribution is -2.55. The third kappa shape index (κ3) is 4.17. The SMILES string of the molecule is COc1ccc(C(O)CNC(=O)[C@H]2NCCO[C@@H]2C)cc1. The summed E-state index contributed by atoms with van der Waals surface area (Å²) < 4.78 is 10.5. The van der Waals surface area contributed by atoms with Crippen LogP contribution >= 0.6 is 0 Å². The van der Waals surface area contributed by atoms with Gasteiger partial charge in [-0.15, -0.1) is 0 Å². The van der Waals surface area contributed by atoms with Crippen LogP contribution in [0, 0.1) is 0 Å². The van der Waals surface area contributed by atoms with Gasteiger partial charge in [0.05, 0.1) is 25.9 Å². The van der Waals surface area contributed by atoms with Gasteiger partial charge in [0.1, 0.15) is 11.8 Å². The van der Waals surface area contributed by atoms with Crippen molar-refractivity contribution in [3.8, 4) is 5.75 Å². The van der Waals surface area contributed by atoms with E-state index in [9.17, 15) is 9.90 Å². The van der Waals surface area contributed by atoms with E-state index in [0.29, 0.717) is 13.2 Å². The van der Waals surface area contributed by atoms with E-state index in [1.54, 1.807) is 31.4 Å². The number of hydrogen-bond acceptors (Lipinski definition) is 5. The molecular formula is C15H22N2O4. The number of aliphatic hydroxyl groups excluding tert-OH is 1. The van der Waals surface area contributed by atoms with E-state index >= 15 is 0 Å². The number of rotatable bonds is 5. The highest BCUT2D eigenvalue weighted by Gasteiger charge is 2.28. The Balaban J connectivity index is 1.84. The Kier molecular flexibility index (Phi) is 5.55. The van der Waals surface area contributed by atoms with Crippen molar-refractivity contribution in [1.82, 2.24) is 10.6 Å². The number of carbonyl (C=O) groups is 1. The summed E-state index contributed by atoms with van der Waals surface area (Å²) in [7, 11) is 1.59. The highest BCUT2D eigenvalue weighted by Crippen LogP contribution is 2.17. The van der Waals surface area contributed by atoms with Crippen molar-refractivity contribution >= 4 is 5.91 Å². The highest BCUT2D eigenvalue weighted by atomic mass is 16.5. The molecule has 1 saturated heterocycles. The first-order valence-corrected chi connectivity index (χ1v) is 7.06. The molecule has 2 rings (SSSR count). The number of amides is 1. The number of nitrogens with one attached hydrogen (secondary N) is 2. The Hall–Kier alpha value is -1.63. The number of morpholine rings is 1. The van der Waals surface area contributed by atoms with Crippen LogP contribution in [0.3, 0.4) is 0 Å². The van der Waals surface area contributed by atoms with Crippen molar-refractivity contribution < 1.29 is 19.4 Å². The third-order valence-corrected chi connectivity index (χ3v) is 3.57. The Morgan fingerprint density at radius 3 is 2.86 bits per heavy atom. The highest BCUT2D eigenvalue weighted by molar-refractivity contribution is 5.82. The number of benzene rings is 1. The zero-order valence-corrected chi connectivity index (χ0v) is 12.3. The van der Waals surface area contributed by atoms with Gasteiger partial charge in [0.15, 0.2) is 0 Å². The molecule has 3 N–H and O–H groups in total. The van der Waals surface area contributed by atoms with Gasteiger partial charge < -0.3 is 25.2 Å². The predicted molar refractivity (Wildman–Crippen MR) is 78.2 cm³/mol. The largest absolute Gasteiger partial charge is 0.497 e. The van der Waals surface area contributed by atoms with Crippen LogP contribution in [-0.2, 0) is 9.53 Å². The zero-order valence-electron chi connectivity index (χ0n) is 12.3. The topological polar surface area (TPSA) is 79.8 Å². The Labute approximate surface area is 124 Å². The van der Waals surface area contributed by atoms with E-state index in [0.717, 1.165) is 11.3 Å². The van der Waals surface area contributed by atoms with Crippen molar-refractivity contribution in [3.05, 3.63) is 29.8 Å². The van der Waals surface area contributed by atoms with Crippen LogP contribution in [0.4, 0.5) is 0 Å². The second kappa shape index (κ2) is 7.40. The van der Waals surface area contributed by atoms with Gasteiger partial charge in [0, 0.05) is 13.1 Å². The summed E-state index contributed by atoms with van der Waals surface area (Å²) in [5.41, 5.74) is 0.733. The van der Waals surface area contributed by atoms with Crippen molar-refractivity contribution in [3.63, 3.8) is 0 Å². The van der Waals surface area contributed by atoms with E-state index in [1.165, 1.54) is 0 Å². The van der Waals surface area contributed by atoms with Crippen LogP contribution in [0.5, 0.6) is 5.75 Å². The molecule has 3 atom stereocenters. The molecule has 1 aromatic rings. The maximum atomic E-state index is 12.1. The van der Waals surface area contributed by atoms with Gasteiger partial charge >= 0.3 is 0 Å². The molecule has 1 aliphatic rings. The fourth-order valence-corrected chi connectivity index (χ4v) is 2.28. The standard InChI is InChI=1S/C15H22N2O4/c1-10-14(16-7-8-21-10)15(19)17-9-13(18)11-3-5-12(20-2)6-4-11/h3-6,10,13-14,16,18H,7-9H2,1-2H3,(H,17,19)/t10-,13?,14+/m1/s1. The second-order valence-corrected chi connectivity index (χ2v) is 5.04. The zero-order chi connectivity index (χ0) is 15.2. The van der Waals surface area contributed by atoms with E-state index in [-0.39, 0.29) is 24.6 Å². The van der Waals surface area contributed by atoms with Crippen molar-refractivity contribution in [2.24, 2.45) is 0 Å². The Morgan fingerprint density at radius 1 is 1.52 bits per heavy atom. The second-order valence-electron chi connectivity index (χ2n) is 5.04. The molecule has 1 amide bonds. The lowest BCUT2D eigenvalue weighted by molar-refractivity contribution is -0.129. The Bertz CT molecular complexity index is 463. The molecular weight excluding hydrogens is 272 g/mol. The summed E-state index contributed by atoms with van der Waals surface area (Å²) in [6, 6.07) is 6.74. The molecule has 21 heavy (non-hydrogen) atoms. The molecule has 1 unspecified atom stereocenters. The molecule has 1 aromatic carbocycles. The minimum Gasteiger partial charge on any atom is -0.497 e. The maximum Gasteiger partial charge on any atom is 0.239 e. The number of hydrogen-bond donors (Lipinski definition) is 3. The maximum absolute atomic E-state index is 12.1. The monoisotopic (exact) mass is 294 g/mol. The molecule has 1 aliphatic heterocycles. The first-order valence-electron chi connectivity index (χ1n) is 7.06. The minimum atomic E-state index is -0.750. The number of methoxy groups -OCH3 is 1. The first kappa shape index (κ1) is 15.8. The van der Waals surface area contributed by atoms with Gasteiger partial charge in [-0.2, -0.15) is 0 Å². The molecule has 0 aromatic heterocycles. The van der Waals surface area contributed by atoms with Gasteiger partial charge in [-0.1, -0.05) is 12.1 Å². The summed E-state index contributed by atoms with van der Waals surface area (Å²) in [4.78, 5) is 12.1. The third-order valence-electron chi connectivity index (χ3n) is 3.57. The minimum absolute atomic E-state index is 0.158. The lowest BCUT2D eigenvalue weighted by atomic mass is 10.1. The van der Waals surface area contributed by atoms with Crippen LogP contribution in [0.15, 0.2) is 24.3 Å². The molecule has 0 aliphatic carbocycles. The summed E-state index contributed by atoms with van der Waals surface area (Å²) in [5.74, 6) is 0.571. The molecule has 0 bridgehead atoms. The number of aliphatic hydroxyl groups is 1. The van der Waals surface area contributed by atoms with Crippen molar-refractivity contribution in [1.29, 1.82) is 0 Å². The predicted octanol–water partition coefficient (Wildman–Crippen LogP) is 0.222. The summed E-state index contributed by atoms with van der Waals surface area (Å²) in [5, 5.41) is 15.9. The lowest BCUT2D eigenvalue weighted by Gasteiger charge is -2.29.